The molecule has 1 aromatic carbocycles. The van der Waals surface area contributed by atoms with E-state index in [9.17, 15) is 18.0 Å². The van der Waals surface area contributed by atoms with E-state index in [1.165, 1.54) is 12.5 Å². The van der Waals surface area contributed by atoms with E-state index >= 15 is 0 Å². The van der Waals surface area contributed by atoms with Gasteiger partial charge in [0.15, 0.2) is 6.10 Å². The van der Waals surface area contributed by atoms with Gasteiger partial charge >= 0.3 is 5.97 Å². The molecule has 0 saturated heterocycles. The fraction of sp³-hybridized carbons (Fsp3) is 0.556. The monoisotopic (exact) mass is 382 g/mol. The Labute approximate surface area is 154 Å². The number of amides is 1. The lowest BCUT2D eigenvalue weighted by atomic mass is 9.92. The number of fused-ring (bicyclic) bond motifs is 1. The van der Waals surface area contributed by atoms with Crippen LogP contribution in [0.15, 0.2) is 23.1 Å². The van der Waals surface area contributed by atoms with Crippen molar-refractivity contribution in [3.05, 3.63) is 29.3 Å². The number of carbonyl (C=O) groups excluding carboxylic acids is 2. The fourth-order valence-corrected chi connectivity index (χ4v) is 3.96. The molecule has 0 aromatic heterocycles. The summed E-state index contributed by atoms with van der Waals surface area (Å²) in [4.78, 5) is 23.5. The van der Waals surface area contributed by atoms with Gasteiger partial charge < -0.3 is 10.1 Å². The summed E-state index contributed by atoms with van der Waals surface area (Å²) in [5, 5.41) is 2.55. The minimum Gasteiger partial charge on any atom is -0.453 e. The van der Waals surface area contributed by atoms with Gasteiger partial charge in [0.05, 0.1) is 11.3 Å². The summed E-state index contributed by atoms with van der Waals surface area (Å²) in [6.45, 7) is 3.60. The van der Waals surface area contributed by atoms with Crippen LogP contribution in [0.3, 0.4) is 0 Å². The van der Waals surface area contributed by atoms with Crippen LogP contribution in [0.1, 0.15) is 44.2 Å². The van der Waals surface area contributed by atoms with E-state index < -0.39 is 22.1 Å². The molecule has 0 fully saturated rings. The first-order valence-corrected chi connectivity index (χ1v) is 10.4. The fourth-order valence-electron chi connectivity index (χ4n) is 2.88. The van der Waals surface area contributed by atoms with Crippen LogP contribution in [-0.4, -0.2) is 39.5 Å². The van der Waals surface area contributed by atoms with Gasteiger partial charge in [-0.05, 0) is 62.8 Å². The lowest BCUT2D eigenvalue weighted by Gasteiger charge is -2.17. The lowest BCUT2D eigenvalue weighted by Crippen LogP contribution is -2.36. The molecule has 1 aliphatic carbocycles. The first-order valence-electron chi connectivity index (χ1n) is 8.92. The average molecular weight is 382 g/mol. The first kappa shape index (κ1) is 20.4. The third-order valence-electron chi connectivity index (χ3n) is 4.28. The summed E-state index contributed by atoms with van der Waals surface area (Å²) >= 11 is 0. The summed E-state index contributed by atoms with van der Waals surface area (Å²) in [6, 6.07) is 5.18. The van der Waals surface area contributed by atoms with Crippen molar-refractivity contribution < 1.29 is 22.7 Å². The molecule has 26 heavy (non-hydrogen) atoms. The Bertz CT molecular complexity index is 761. The number of hydrogen-bond acceptors (Lipinski definition) is 5. The molecule has 144 valence electrons. The number of nitrogens with one attached hydrogen (secondary N) is 2. The van der Waals surface area contributed by atoms with Crippen LogP contribution in [0, 0.1) is 0 Å². The van der Waals surface area contributed by atoms with E-state index in [0.717, 1.165) is 31.2 Å². The maximum Gasteiger partial charge on any atom is 0.307 e. The Hall–Kier alpha value is -1.93. The SMILES string of the molecule is CCNC(=O)[C@@H](C)OC(=O)CCNS(=O)(=O)c1ccc2c(c1)CCCC2. The molecule has 0 spiro atoms. The molecular formula is C18H26N2O5S. The largest absolute Gasteiger partial charge is 0.453 e. The topological polar surface area (TPSA) is 102 Å². The molecule has 1 aliphatic rings. The molecule has 1 aromatic rings. The molecule has 0 heterocycles. The summed E-state index contributed by atoms with van der Waals surface area (Å²) in [5.74, 6) is -1.01. The highest BCUT2D eigenvalue weighted by Gasteiger charge is 2.20. The van der Waals surface area contributed by atoms with Crippen LogP contribution in [0.25, 0.3) is 0 Å². The number of rotatable bonds is 8. The minimum absolute atomic E-state index is 0.0830. The summed E-state index contributed by atoms with van der Waals surface area (Å²) < 4.78 is 32.2. The maximum atomic E-state index is 12.4. The number of sulfonamides is 1. The van der Waals surface area contributed by atoms with Gasteiger partial charge in [0.2, 0.25) is 10.0 Å². The second-order valence-corrected chi connectivity index (χ2v) is 8.08. The zero-order valence-corrected chi connectivity index (χ0v) is 16.0. The molecule has 1 atom stereocenters. The third-order valence-corrected chi connectivity index (χ3v) is 5.74. The van der Waals surface area contributed by atoms with Crippen molar-refractivity contribution in [1.82, 2.24) is 10.0 Å². The quantitative estimate of drug-likeness (QED) is 0.660. The number of aryl methyl sites for hydroxylation is 2. The van der Waals surface area contributed by atoms with Crippen LogP contribution in [-0.2, 0) is 37.2 Å². The van der Waals surface area contributed by atoms with Crippen molar-refractivity contribution in [2.24, 2.45) is 0 Å². The predicted octanol–water partition coefficient (Wildman–Crippen LogP) is 1.30. The van der Waals surface area contributed by atoms with Crippen LogP contribution in [0.4, 0.5) is 0 Å². The van der Waals surface area contributed by atoms with E-state index in [4.69, 9.17) is 4.74 Å². The predicted molar refractivity (Wildman–Crippen MR) is 97.1 cm³/mol. The molecule has 2 rings (SSSR count). The third kappa shape index (κ3) is 5.54. The van der Waals surface area contributed by atoms with Crippen molar-refractivity contribution >= 4 is 21.9 Å². The number of carbonyl (C=O) groups is 2. The van der Waals surface area contributed by atoms with Crippen LogP contribution in [0.5, 0.6) is 0 Å². The van der Waals surface area contributed by atoms with Gasteiger partial charge in [-0.25, -0.2) is 13.1 Å². The molecule has 8 heteroatoms. The maximum absolute atomic E-state index is 12.4. The van der Waals surface area contributed by atoms with E-state index in [1.807, 2.05) is 6.07 Å². The Morgan fingerprint density at radius 2 is 1.88 bits per heavy atom. The molecule has 0 bridgehead atoms. The number of benzene rings is 1. The second-order valence-electron chi connectivity index (χ2n) is 6.31. The number of hydrogen-bond donors (Lipinski definition) is 2. The van der Waals surface area contributed by atoms with E-state index in [0.29, 0.717) is 6.54 Å². The Balaban J connectivity index is 1.86. The lowest BCUT2D eigenvalue weighted by molar-refractivity contribution is -0.154. The summed E-state index contributed by atoms with van der Waals surface area (Å²) in [7, 11) is -3.68. The highest BCUT2D eigenvalue weighted by Crippen LogP contribution is 2.23. The Morgan fingerprint density at radius 3 is 2.58 bits per heavy atom. The molecule has 0 unspecified atom stereocenters. The first-order chi connectivity index (χ1) is 12.3. The van der Waals surface area contributed by atoms with Crippen LogP contribution in [0.2, 0.25) is 0 Å². The van der Waals surface area contributed by atoms with Gasteiger partial charge in [-0.1, -0.05) is 6.07 Å². The van der Waals surface area contributed by atoms with Crippen molar-refractivity contribution in [2.45, 2.75) is 57.0 Å². The summed E-state index contributed by atoms with van der Waals surface area (Å²) in [5.41, 5.74) is 2.28. The van der Waals surface area contributed by atoms with Gasteiger partial charge in [0.1, 0.15) is 0 Å². The molecule has 1 amide bonds. The van der Waals surface area contributed by atoms with E-state index in [2.05, 4.69) is 10.0 Å². The van der Waals surface area contributed by atoms with Gasteiger partial charge in [0, 0.05) is 13.1 Å². The molecule has 7 nitrogen and oxygen atoms in total. The highest BCUT2D eigenvalue weighted by molar-refractivity contribution is 7.89. The van der Waals surface area contributed by atoms with Gasteiger partial charge in [-0.3, -0.25) is 9.59 Å². The zero-order chi connectivity index (χ0) is 19.2. The van der Waals surface area contributed by atoms with E-state index in [-0.39, 0.29) is 23.8 Å². The highest BCUT2D eigenvalue weighted by atomic mass is 32.2. The van der Waals surface area contributed by atoms with Crippen LogP contribution >= 0.6 is 0 Å². The molecule has 0 saturated carbocycles. The van der Waals surface area contributed by atoms with Crippen molar-refractivity contribution in [3.8, 4) is 0 Å². The normalized spacial score (nSPS) is 15.0. The molecule has 0 aliphatic heterocycles. The van der Waals surface area contributed by atoms with Crippen molar-refractivity contribution in [1.29, 1.82) is 0 Å². The van der Waals surface area contributed by atoms with Gasteiger partial charge in [-0.15, -0.1) is 0 Å². The van der Waals surface area contributed by atoms with Gasteiger partial charge in [-0.2, -0.15) is 0 Å². The van der Waals surface area contributed by atoms with E-state index in [1.54, 1.807) is 19.1 Å². The Morgan fingerprint density at radius 1 is 1.19 bits per heavy atom. The number of ether oxygens (including phenoxy) is 1. The molecular weight excluding hydrogens is 356 g/mol. The van der Waals surface area contributed by atoms with Gasteiger partial charge in [0.25, 0.3) is 5.91 Å². The molecule has 0 radical (unpaired) electrons. The standard InChI is InChI=1S/C18H26N2O5S/c1-3-19-18(22)13(2)25-17(21)10-11-20-26(23,24)16-9-8-14-6-4-5-7-15(14)12-16/h8-9,12-13,20H,3-7,10-11H2,1-2H3,(H,19,22)/t13-/m1/s1. The average Bonchev–Trinajstić information content (AvgIpc) is 2.61. The Kier molecular flexibility index (Phi) is 7.16. The smallest absolute Gasteiger partial charge is 0.307 e. The second kappa shape index (κ2) is 9.14. The van der Waals surface area contributed by atoms with Crippen molar-refractivity contribution in [3.63, 3.8) is 0 Å². The summed E-state index contributed by atoms with van der Waals surface area (Å²) in [6.07, 6.45) is 3.03. The minimum atomic E-state index is -3.68. The molecule has 2 N–H and O–H groups in total. The zero-order valence-electron chi connectivity index (χ0n) is 15.2. The van der Waals surface area contributed by atoms with Crippen LogP contribution < -0.4 is 10.0 Å². The van der Waals surface area contributed by atoms with Crippen molar-refractivity contribution in [2.75, 3.05) is 13.1 Å². The number of esters is 1. The number of likely N-dealkylation sites (N-methyl/N-ethyl adjacent to an activating group) is 1.